The van der Waals surface area contributed by atoms with Gasteiger partial charge in [-0.05, 0) is 19.9 Å². The highest BCUT2D eigenvalue weighted by atomic mass is 19.3. The van der Waals surface area contributed by atoms with Crippen LogP contribution in [0.25, 0.3) is 0 Å². The Bertz CT molecular complexity index is 312. The third-order valence-corrected chi connectivity index (χ3v) is 3.06. The topological polar surface area (TPSA) is 27.6 Å². The van der Waals surface area contributed by atoms with E-state index in [-0.39, 0.29) is 6.54 Å². The van der Waals surface area contributed by atoms with Crippen LogP contribution in [0.2, 0.25) is 0 Å². The molecule has 0 radical (unpaired) electrons. The van der Waals surface area contributed by atoms with Gasteiger partial charge in [0.1, 0.15) is 0 Å². The van der Waals surface area contributed by atoms with Crippen LogP contribution in [0.3, 0.4) is 0 Å². The van der Waals surface area contributed by atoms with Crippen molar-refractivity contribution in [2.75, 3.05) is 26.2 Å². The second-order valence-electron chi connectivity index (χ2n) is 4.46. The van der Waals surface area contributed by atoms with Gasteiger partial charge in [-0.15, -0.1) is 0 Å². The number of aliphatic imine (C=N–C) groups is 1. The van der Waals surface area contributed by atoms with Crippen LogP contribution in [-0.2, 0) is 0 Å². The number of rotatable bonds is 2. The minimum Gasteiger partial charge on any atom is -0.370 e. The van der Waals surface area contributed by atoms with Gasteiger partial charge in [0, 0.05) is 24.9 Å². The number of allylic oxidation sites excluding steroid dienone is 1. The van der Waals surface area contributed by atoms with Gasteiger partial charge >= 0.3 is 0 Å². The summed E-state index contributed by atoms with van der Waals surface area (Å²) in [5.74, 6) is -3.14. The number of nitrogens with zero attached hydrogens (tertiary/aromatic N) is 2. The molecule has 1 fully saturated rings. The highest BCUT2D eigenvalue weighted by Crippen LogP contribution is 2.30. The Morgan fingerprint density at radius 1 is 1.62 bits per heavy atom. The van der Waals surface area contributed by atoms with Crippen molar-refractivity contribution in [3.8, 4) is 0 Å². The fraction of sp³-hybridized carbons (Fsp3) is 0.727. The molecule has 2 heterocycles. The molecule has 0 bridgehead atoms. The molecule has 5 heteroatoms. The number of hydrogen-bond acceptors (Lipinski definition) is 3. The lowest BCUT2D eigenvalue weighted by Crippen LogP contribution is -2.49. The maximum Gasteiger partial charge on any atom is 0.264 e. The van der Waals surface area contributed by atoms with Crippen LogP contribution in [-0.4, -0.2) is 43.2 Å². The molecule has 1 atom stereocenters. The minimum atomic E-state index is -2.59. The van der Waals surface area contributed by atoms with E-state index in [4.69, 9.17) is 0 Å². The van der Waals surface area contributed by atoms with Crippen molar-refractivity contribution < 1.29 is 8.78 Å². The molecule has 3 nitrogen and oxygen atoms in total. The van der Waals surface area contributed by atoms with Crippen LogP contribution in [0.5, 0.6) is 0 Å². The summed E-state index contributed by atoms with van der Waals surface area (Å²) in [6, 6.07) is 0. The summed E-state index contributed by atoms with van der Waals surface area (Å²) >= 11 is 0. The average molecular weight is 229 g/mol. The molecule has 2 aliphatic rings. The Morgan fingerprint density at radius 3 is 3.12 bits per heavy atom. The number of alkyl halides is 2. The predicted octanol–water partition coefficient (Wildman–Crippen LogP) is 1.48. The molecule has 0 aromatic carbocycles. The van der Waals surface area contributed by atoms with Gasteiger partial charge in [0.15, 0.2) is 0 Å². The molecule has 0 amide bonds. The zero-order valence-corrected chi connectivity index (χ0v) is 9.42. The highest BCUT2D eigenvalue weighted by Gasteiger charge is 2.41. The van der Waals surface area contributed by atoms with E-state index in [1.165, 1.54) is 0 Å². The van der Waals surface area contributed by atoms with Crippen molar-refractivity contribution in [2.45, 2.75) is 19.3 Å². The van der Waals surface area contributed by atoms with Gasteiger partial charge in [-0.1, -0.05) is 0 Å². The lowest BCUT2D eigenvalue weighted by Gasteiger charge is -2.35. The van der Waals surface area contributed by atoms with Crippen LogP contribution < -0.4 is 5.32 Å². The zero-order valence-electron chi connectivity index (χ0n) is 9.42. The van der Waals surface area contributed by atoms with E-state index >= 15 is 0 Å². The van der Waals surface area contributed by atoms with Crippen LogP contribution in [0.15, 0.2) is 16.9 Å². The first-order valence-corrected chi connectivity index (χ1v) is 5.61. The zero-order chi connectivity index (χ0) is 11.6. The Morgan fingerprint density at radius 2 is 2.44 bits per heavy atom. The molecule has 0 unspecified atom stereocenters. The molecule has 2 aliphatic heterocycles. The summed E-state index contributed by atoms with van der Waals surface area (Å²) in [5, 5.41) is 2.74. The van der Waals surface area contributed by atoms with Crippen molar-refractivity contribution in [1.29, 1.82) is 0 Å². The van der Waals surface area contributed by atoms with E-state index in [0.29, 0.717) is 26.1 Å². The summed E-state index contributed by atoms with van der Waals surface area (Å²) in [4.78, 5) is 6.03. The maximum absolute atomic E-state index is 13.6. The quantitative estimate of drug-likeness (QED) is 0.776. The average Bonchev–Trinajstić information content (AvgIpc) is 2.21. The second kappa shape index (κ2) is 4.49. The Labute approximate surface area is 94.2 Å². The number of nitrogens with one attached hydrogen (secondary N) is 1. The molecule has 0 aliphatic carbocycles. The van der Waals surface area contributed by atoms with Gasteiger partial charge in [-0.3, -0.25) is 4.99 Å². The fourth-order valence-corrected chi connectivity index (χ4v) is 2.16. The third kappa shape index (κ3) is 2.58. The fourth-order valence-electron chi connectivity index (χ4n) is 2.16. The van der Waals surface area contributed by atoms with Crippen LogP contribution in [0.1, 0.15) is 13.3 Å². The van der Waals surface area contributed by atoms with Crippen LogP contribution >= 0.6 is 0 Å². The molecule has 16 heavy (non-hydrogen) atoms. The van der Waals surface area contributed by atoms with Crippen molar-refractivity contribution in [3.05, 3.63) is 11.9 Å². The van der Waals surface area contributed by atoms with Gasteiger partial charge in [-0.2, -0.15) is 0 Å². The maximum atomic E-state index is 13.6. The molecule has 0 saturated carbocycles. The molecule has 0 aromatic rings. The Hall–Kier alpha value is -0.970. The van der Waals surface area contributed by atoms with E-state index in [1.54, 1.807) is 6.21 Å². The van der Waals surface area contributed by atoms with Crippen molar-refractivity contribution >= 4 is 6.21 Å². The first-order valence-electron chi connectivity index (χ1n) is 5.61. The summed E-state index contributed by atoms with van der Waals surface area (Å²) in [5.41, 5.74) is 0.878. The molecule has 2 rings (SSSR count). The molecular formula is C11H17F2N3. The number of piperidine rings is 1. The monoisotopic (exact) mass is 229 g/mol. The predicted molar refractivity (Wildman–Crippen MR) is 59.7 cm³/mol. The number of halogens is 2. The van der Waals surface area contributed by atoms with E-state index in [2.05, 4.69) is 10.3 Å². The molecule has 1 saturated heterocycles. The van der Waals surface area contributed by atoms with Gasteiger partial charge in [-0.25, -0.2) is 8.78 Å². The third-order valence-electron chi connectivity index (χ3n) is 3.06. The Balaban J connectivity index is 1.96. The molecule has 90 valence electrons. The first kappa shape index (κ1) is 11.5. The SMILES string of the molecule is CC1=CN(C[C@H]2CCNCC2(F)F)CC=N1. The highest BCUT2D eigenvalue weighted by molar-refractivity contribution is 5.62. The van der Waals surface area contributed by atoms with Gasteiger partial charge < -0.3 is 10.2 Å². The standard InChI is InChI=1S/C11H17F2N3/c1-9-6-16(5-4-15-9)7-10-2-3-14-8-11(10,12)13/h4,6,10,14H,2-3,5,7-8H2,1H3/t10-/m1/s1. The summed E-state index contributed by atoms with van der Waals surface area (Å²) < 4.78 is 27.2. The summed E-state index contributed by atoms with van der Waals surface area (Å²) in [6.07, 6.45) is 4.17. The Kier molecular flexibility index (Phi) is 3.23. The first-order chi connectivity index (χ1) is 7.58. The van der Waals surface area contributed by atoms with Crippen molar-refractivity contribution in [2.24, 2.45) is 10.9 Å². The van der Waals surface area contributed by atoms with Crippen molar-refractivity contribution in [3.63, 3.8) is 0 Å². The van der Waals surface area contributed by atoms with Crippen LogP contribution in [0, 0.1) is 5.92 Å². The van der Waals surface area contributed by atoms with Gasteiger partial charge in [0.2, 0.25) is 0 Å². The van der Waals surface area contributed by atoms with Gasteiger partial charge in [0.05, 0.1) is 18.8 Å². The van der Waals surface area contributed by atoms with Gasteiger partial charge in [0.25, 0.3) is 5.92 Å². The lowest BCUT2D eigenvalue weighted by molar-refractivity contribution is -0.0789. The van der Waals surface area contributed by atoms with E-state index in [0.717, 1.165) is 5.70 Å². The normalized spacial score (nSPS) is 29.1. The lowest BCUT2D eigenvalue weighted by atomic mass is 9.93. The second-order valence-corrected chi connectivity index (χ2v) is 4.46. The minimum absolute atomic E-state index is 0.192. The number of hydrogen-bond donors (Lipinski definition) is 1. The largest absolute Gasteiger partial charge is 0.370 e. The molecular weight excluding hydrogens is 212 g/mol. The molecule has 0 aromatic heterocycles. The van der Waals surface area contributed by atoms with E-state index in [1.807, 2.05) is 18.0 Å². The summed E-state index contributed by atoms with van der Waals surface area (Å²) in [7, 11) is 0. The molecule has 0 spiro atoms. The van der Waals surface area contributed by atoms with Crippen molar-refractivity contribution in [1.82, 2.24) is 10.2 Å². The van der Waals surface area contributed by atoms with E-state index in [9.17, 15) is 8.78 Å². The smallest absolute Gasteiger partial charge is 0.264 e. The molecule has 1 N–H and O–H groups in total. The van der Waals surface area contributed by atoms with E-state index < -0.39 is 11.8 Å². The van der Waals surface area contributed by atoms with Crippen LogP contribution in [0.4, 0.5) is 8.78 Å². The summed E-state index contributed by atoms with van der Waals surface area (Å²) in [6.45, 7) is 3.42.